The van der Waals surface area contributed by atoms with Crippen molar-refractivity contribution in [3.8, 4) is 0 Å². The molecule has 0 amide bonds. The van der Waals surface area contributed by atoms with Crippen LogP contribution in [0.5, 0.6) is 0 Å². The summed E-state index contributed by atoms with van der Waals surface area (Å²) >= 11 is 5.43. The Kier molecular flexibility index (Phi) is 4.39. The summed E-state index contributed by atoms with van der Waals surface area (Å²) in [7, 11) is 0. The quantitative estimate of drug-likeness (QED) is 0.860. The van der Waals surface area contributed by atoms with E-state index in [4.69, 9.17) is 0 Å². The first kappa shape index (κ1) is 13.1. The number of nitrogens with zero attached hydrogens (tertiary/aromatic N) is 1. The Morgan fingerprint density at radius 2 is 2.22 bits per heavy atom. The van der Waals surface area contributed by atoms with Crippen LogP contribution in [0.15, 0.2) is 15.9 Å². The zero-order valence-corrected chi connectivity index (χ0v) is 13.1. The molecule has 0 aromatic carbocycles. The molecule has 1 N–H and O–H groups in total. The summed E-state index contributed by atoms with van der Waals surface area (Å²) in [4.78, 5) is 4.15. The van der Waals surface area contributed by atoms with Gasteiger partial charge < -0.3 is 5.32 Å². The summed E-state index contributed by atoms with van der Waals surface area (Å²) in [5, 5.41) is 5.82. The molecule has 3 rings (SSSR count). The van der Waals surface area contributed by atoms with Gasteiger partial charge in [-0.05, 0) is 60.1 Å². The maximum Gasteiger partial charge on any atom is 0.0329 e. The second-order valence-corrected chi connectivity index (χ2v) is 7.57. The van der Waals surface area contributed by atoms with Gasteiger partial charge in [0.05, 0.1) is 0 Å². The van der Waals surface area contributed by atoms with Crippen molar-refractivity contribution in [3.63, 3.8) is 0 Å². The molecule has 1 saturated heterocycles. The van der Waals surface area contributed by atoms with Gasteiger partial charge in [0.15, 0.2) is 0 Å². The van der Waals surface area contributed by atoms with Crippen LogP contribution in [0.3, 0.4) is 0 Å². The molecule has 18 heavy (non-hydrogen) atoms. The number of hydrogen-bond acceptors (Lipinski definition) is 3. The largest absolute Gasteiger partial charge is 0.313 e. The van der Waals surface area contributed by atoms with Crippen LogP contribution in [0, 0.1) is 5.92 Å². The highest BCUT2D eigenvalue weighted by Gasteiger charge is 2.26. The van der Waals surface area contributed by atoms with Gasteiger partial charge in [-0.2, -0.15) is 0 Å². The van der Waals surface area contributed by atoms with Crippen molar-refractivity contribution in [2.45, 2.75) is 38.3 Å². The molecule has 2 aliphatic rings. The van der Waals surface area contributed by atoms with Gasteiger partial charge in [-0.25, -0.2) is 0 Å². The monoisotopic (exact) mass is 328 g/mol. The minimum atomic E-state index is 0.729. The Bertz CT molecular complexity index is 383. The Labute approximate surface area is 122 Å². The van der Waals surface area contributed by atoms with E-state index in [0.717, 1.165) is 18.5 Å². The zero-order chi connectivity index (χ0) is 12.4. The van der Waals surface area contributed by atoms with Crippen LogP contribution in [0.1, 0.15) is 30.6 Å². The predicted molar refractivity (Wildman–Crippen MR) is 81.0 cm³/mol. The van der Waals surface area contributed by atoms with Gasteiger partial charge in [0, 0.05) is 40.4 Å². The van der Waals surface area contributed by atoms with E-state index >= 15 is 0 Å². The lowest BCUT2D eigenvalue weighted by atomic mass is 10.2. The van der Waals surface area contributed by atoms with Gasteiger partial charge in [0.2, 0.25) is 0 Å². The first-order valence-electron chi connectivity index (χ1n) is 6.98. The molecule has 1 aromatic heterocycles. The van der Waals surface area contributed by atoms with Gasteiger partial charge in [-0.15, -0.1) is 11.3 Å². The molecule has 1 aliphatic carbocycles. The molecule has 1 atom stereocenters. The third-order valence-corrected chi connectivity index (χ3v) is 5.54. The molecule has 1 saturated carbocycles. The first-order chi connectivity index (χ1) is 8.79. The third-order valence-electron chi connectivity index (χ3n) is 3.86. The number of thiophene rings is 1. The Balaban J connectivity index is 1.57. The van der Waals surface area contributed by atoms with E-state index in [2.05, 4.69) is 37.6 Å². The van der Waals surface area contributed by atoms with Crippen molar-refractivity contribution in [2.24, 2.45) is 5.92 Å². The van der Waals surface area contributed by atoms with Gasteiger partial charge in [0.25, 0.3) is 0 Å². The fourth-order valence-electron chi connectivity index (χ4n) is 2.75. The Morgan fingerprint density at radius 3 is 2.83 bits per heavy atom. The van der Waals surface area contributed by atoms with E-state index in [1.165, 1.54) is 54.7 Å². The Hall–Kier alpha value is 0.1000. The highest BCUT2D eigenvalue weighted by Crippen LogP contribution is 2.31. The number of nitrogens with one attached hydrogen (secondary N) is 1. The highest BCUT2D eigenvalue weighted by molar-refractivity contribution is 9.10. The van der Waals surface area contributed by atoms with E-state index in [0.29, 0.717) is 0 Å². The molecule has 1 aromatic rings. The normalized spacial score (nSPS) is 24.0. The lowest BCUT2D eigenvalue weighted by Crippen LogP contribution is -2.38. The molecular formula is C14H21BrN2S. The molecule has 0 radical (unpaired) electrons. The molecule has 100 valence electrons. The maximum absolute atomic E-state index is 3.62. The Morgan fingerprint density at radius 1 is 1.33 bits per heavy atom. The molecule has 2 heterocycles. The third kappa shape index (κ3) is 3.80. The van der Waals surface area contributed by atoms with Gasteiger partial charge >= 0.3 is 0 Å². The molecule has 4 heteroatoms. The van der Waals surface area contributed by atoms with E-state index in [-0.39, 0.29) is 0 Å². The van der Waals surface area contributed by atoms with Crippen molar-refractivity contribution in [1.82, 2.24) is 10.2 Å². The predicted octanol–water partition coefficient (Wildman–Crippen LogP) is 3.47. The fourth-order valence-corrected chi connectivity index (χ4v) is 4.24. The molecule has 0 spiro atoms. The summed E-state index contributed by atoms with van der Waals surface area (Å²) in [6.07, 6.45) is 5.60. The fraction of sp³-hybridized carbons (Fsp3) is 0.714. The van der Waals surface area contributed by atoms with E-state index < -0.39 is 0 Å². The maximum atomic E-state index is 3.62. The van der Waals surface area contributed by atoms with Crippen LogP contribution >= 0.6 is 27.3 Å². The van der Waals surface area contributed by atoms with Crippen LogP contribution in [0.2, 0.25) is 0 Å². The summed E-state index contributed by atoms with van der Waals surface area (Å²) in [5.74, 6) is 0.981. The molecule has 2 nitrogen and oxygen atoms in total. The van der Waals surface area contributed by atoms with Gasteiger partial charge in [-0.3, -0.25) is 4.90 Å². The van der Waals surface area contributed by atoms with E-state index in [1.807, 2.05) is 11.3 Å². The standard InChI is InChI=1S/C14H21BrN2S/c15-12-6-14(18-10-12)9-17(7-11-3-4-11)8-13-2-1-5-16-13/h6,10-11,13,16H,1-5,7-9H2. The van der Waals surface area contributed by atoms with E-state index in [1.54, 1.807) is 0 Å². The number of rotatable bonds is 6. The van der Waals surface area contributed by atoms with Crippen molar-refractivity contribution in [1.29, 1.82) is 0 Å². The average Bonchev–Trinajstić information content (AvgIpc) is 2.84. The van der Waals surface area contributed by atoms with Crippen LogP contribution in [0.25, 0.3) is 0 Å². The van der Waals surface area contributed by atoms with Crippen LogP contribution in [-0.4, -0.2) is 30.6 Å². The van der Waals surface area contributed by atoms with Crippen LogP contribution < -0.4 is 5.32 Å². The molecule has 1 aliphatic heterocycles. The lowest BCUT2D eigenvalue weighted by Gasteiger charge is -2.25. The smallest absolute Gasteiger partial charge is 0.0329 e. The van der Waals surface area contributed by atoms with Gasteiger partial charge in [0.1, 0.15) is 0 Å². The first-order valence-corrected chi connectivity index (χ1v) is 8.65. The van der Waals surface area contributed by atoms with Crippen molar-refractivity contribution >= 4 is 27.3 Å². The molecule has 2 fully saturated rings. The van der Waals surface area contributed by atoms with Crippen LogP contribution in [0.4, 0.5) is 0 Å². The number of hydrogen-bond donors (Lipinski definition) is 1. The second-order valence-electron chi connectivity index (χ2n) is 5.66. The lowest BCUT2D eigenvalue weighted by molar-refractivity contribution is 0.233. The van der Waals surface area contributed by atoms with Crippen LogP contribution in [-0.2, 0) is 6.54 Å². The SMILES string of the molecule is Brc1csc(CN(CC2CC2)CC2CCCN2)c1. The average molecular weight is 329 g/mol. The molecular weight excluding hydrogens is 308 g/mol. The second kappa shape index (κ2) is 6.04. The van der Waals surface area contributed by atoms with Crippen molar-refractivity contribution < 1.29 is 0 Å². The zero-order valence-electron chi connectivity index (χ0n) is 10.7. The highest BCUT2D eigenvalue weighted by atomic mass is 79.9. The topological polar surface area (TPSA) is 15.3 Å². The summed E-state index contributed by atoms with van der Waals surface area (Å²) in [6, 6.07) is 3.00. The minimum Gasteiger partial charge on any atom is -0.313 e. The van der Waals surface area contributed by atoms with Crippen molar-refractivity contribution in [2.75, 3.05) is 19.6 Å². The minimum absolute atomic E-state index is 0.729. The van der Waals surface area contributed by atoms with Crippen molar-refractivity contribution in [3.05, 3.63) is 20.8 Å². The van der Waals surface area contributed by atoms with E-state index in [9.17, 15) is 0 Å². The molecule has 1 unspecified atom stereocenters. The summed E-state index contributed by atoms with van der Waals surface area (Å²) in [6.45, 7) is 4.87. The summed E-state index contributed by atoms with van der Waals surface area (Å²) < 4.78 is 1.23. The number of halogens is 1. The summed E-state index contributed by atoms with van der Waals surface area (Å²) in [5.41, 5.74) is 0. The molecule has 0 bridgehead atoms. The van der Waals surface area contributed by atoms with Gasteiger partial charge in [-0.1, -0.05) is 0 Å².